The van der Waals surface area contributed by atoms with Crippen LogP contribution in [0.15, 0.2) is 35.9 Å². The maximum absolute atomic E-state index is 12.2. The maximum atomic E-state index is 12.2. The number of allylic oxidation sites excluding steroid dienone is 1. The van der Waals surface area contributed by atoms with E-state index >= 15 is 0 Å². The summed E-state index contributed by atoms with van der Waals surface area (Å²) in [5, 5.41) is 8.06. The van der Waals surface area contributed by atoms with Gasteiger partial charge in [-0.05, 0) is 58.1 Å². The van der Waals surface area contributed by atoms with Crippen LogP contribution in [-0.4, -0.2) is 30.1 Å². The van der Waals surface area contributed by atoms with Gasteiger partial charge in [-0.25, -0.2) is 4.79 Å². The smallest absolute Gasteiger partial charge is 0.408 e. The van der Waals surface area contributed by atoms with Crippen LogP contribution in [0.4, 0.5) is 10.5 Å². The van der Waals surface area contributed by atoms with E-state index in [9.17, 15) is 14.4 Å². The summed E-state index contributed by atoms with van der Waals surface area (Å²) in [7, 11) is 0. The van der Waals surface area contributed by atoms with Crippen LogP contribution in [0.2, 0.25) is 0 Å². The van der Waals surface area contributed by atoms with Gasteiger partial charge in [0.1, 0.15) is 12.1 Å². The first kappa shape index (κ1) is 22.5. The van der Waals surface area contributed by atoms with E-state index in [2.05, 4.69) is 16.0 Å². The number of para-hydroxylation sites is 1. The number of hydrogen-bond acceptors (Lipinski definition) is 4. The number of alkyl carbamates (subject to hydrolysis) is 1. The zero-order valence-electron chi connectivity index (χ0n) is 17.5. The Kier molecular flexibility index (Phi) is 8.24. The van der Waals surface area contributed by atoms with Crippen molar-refractivity contribution < 1.29 is 19.1 Å². The second kappa shape index (κ2) is 10.6. The standard InChI is InChI=1S/C22H31N3O4/c1-22(2,3)29-21(28)24-15-20(27)25-18-12-8-7-11-17(18)14-23-19(26)13-16-9-5-4-6-10-16/h7-8,11-13H,4-6,9-10,14-15H2,1-3H3,(H,23,26)(H,24,28)(H,25,27). The van der Waals surface area contributed by atoms with E-state index < -0.39 is 11.7 Å². The number of amides is 3. The minimum absolute atomic E-state index is 0.116. The van der Waals surface area contributed by atoms with Gasteiger partial charge in [-0.2, -0.15) is 0 Å². The highest BCUT2D eigenvalue weighted by Gasteiger charge is 2.17. The first-order valence-corrected chi connectivity index (χ1v) is 10.0. The van der Waals surface area contributed by atoms with Gasteiger partial charge in [-0.15, -0.1) is 0 Å². The van der Waals surface area contributed by atoms with E-state index in [0.717, 1.165) is 31.2 Å². The Morgan fingerprint density at radius 3 is 2.41 bits per heavy atom. The molecule has 158 valence electrons. The van der Waals surface area contributed by atoms with Crippen molar-refractivity contribution in [3.8, 4) is 0 Å². The van der Waals surface area contributed by atoms with Crippen molar-refractivity contribution in [2.45, 2.75) is 65.0 Å². The van der Waals surface area contributed by atoms with Gasteiger partial charge in [0, 0.05) is 18.3 Å². The van der Waals surface area contributed by atoms with Crippen molar-refractivity contribution in [2.24, 2.45) is 0 Å². The number of nitrogens with one attached hydrogen (secondary N) is 3. The molecule has 1 aromatic rings. The third kappa shape index (κ3) is 8.81. The highest BCUT2D eigenvalue weighted by atomic mass is 16.6. The Bertz CT molecular complexity index is 758. The Balaban J connectivity index is 1.85. The van der Waals surface area contributed by atoms with Gasteiger partial charge in [-0.3, -0.25) is 9.59 Å². The normalized spacial score (nSPS) is 14.0. The average Bonchev–Trinajstić information content (AvgIpc) is 2.65. The van der Waals surface area contributed by atoms with Crippen LogP contribution in [0.25, 0.3) is 0 Å². The molecule has 0 aromatic heterocycles. The monoisotopic (exact) mass is 401 g/mol. The molecule has 0 bridgehead atoms. The van der Waals surface area contributed by atoms with Gasteiger partial charge in [0.05, 0.1) is 0 Å². The van der Waals surface area contributed by atoms with Gasteiger partial charge >= 0.3 is 6.09 Å². The van der Waals surface area contributed by atoms with E-state index in [-0.39, 0.29) is 18.4 Å². The molecule has 0 saturated heterocycles. The SMILES string of the molecule is CC(C)(C)OC(=O)NCC(=O)Nc1ccccc1CNC(=O)C=C1CCCCC1. The Labute approximate surface area is 172 Å². The van der Waals surface area contributed by atoms with E-state index in [1.165, 1.54) is 12.0 Å². The van der Waals surface area contributed by atoms with Crippen LogP contribution in [0.5, 0.6) is 0 Å². The Hall–Kier alpha value is -2.83. The lowest BCUT2D eigenvalue weighted by molar-refractivity contribution is -0.117. The van der Waals surface area contributed by atoms with Crippen molar-refractivity contribution in [2.75, 3.05) is 11.9 Å². The van der Waals surface area contributed by atoms with E-state index in [1.807, 2.05) is 12.1 Å². The second-order valence-electron chi connectivity index (χ2n) is 8.14. The molecule has 1 aromatic carbocycles. The average molecular weight is 402 g/mol. The van der Waals surface area contributed by atoms with Crippen LogP contribution in [-0.2, 0) is 20.9 Å². The van der Waals surface area contributed by atoms with Crippen LogP contribution >= 0.6 is 0 Å². The third-order valence-corrected chi connectivity index (χ3v) is 4.37. The van der Waals surface area contributed by atoms with Crippen molar-refractivity contribution in [1.82, 2.24) is 10.6 Å². The fraction of sp³-hybridized carbons (Fsp3) is 0.500. The summed E-state index contributed by atoms with van der Waals surface area (Å²) in [4.78, 5) is 36.0. The van der Waals surface area contributed by atoms with Crippen LogP contribution < -0.4 is 16.0 Å². The predicted molar refractivity (Wildman–Crippen MR) is 112 cm³/mol. The molecule has 7 heteroatoms. The second-order valence-corrected chi connectivity index (χ2v) is 8.14. The Morgan fingerprint density at radius 2 is 1.72 bits per heavy atom. The summed E-state index contributed by atoms with van der Waals surface area (Å²) in [6.45, 7) is 5.35. The van der Waals surface area contributed by atoms with Crippen LogP contribution in [0.3, 0.4) is 0 Å². The van der Waals surface area contributed by atoms with Crippen molar-refractivity contribution in [3.05, 3.63) is 41.5 Å². The number of anilines is 1. The lowest BCUT2D eigenvalue weighted by Crippen LogP contribution is -2.37. The predicted octanol–water partition coefficient (Wildman–Crippen LogP) is 3.66. The lowest BCUT2D eigenvalue weighted by atomic mass is 9.94. The molecule has 0 atom stereocenters. The number of ether oxygens (including phenoxy) is 1. The van der Waals surface area contributed by atoms with Crippen molar-refractivity contribution in [3.63, 3.8) is 0 Å². The van der Waals surface area contributed by atoms with Crippen LogP contribution in [0.1, 0.15) is 58.4 Å². The fourth-order valence-electron chi connectivity index (χ4n) is 3.03. The minimum atomic E-state index is -0.649. The number of carbonyl (C=O) groups excluding carboxylic acids is 3. The zero-order chi connectivity index (χ0) is 21.3. The molecule has 2 rings (SSSR count). The molecule has 0 unspecified atom stereocenters. The van der Waals surface area contributed by atoms with E-state index in [4.69, 9.17) is 4.74 Å². The lowest BCUT2D eigenvalue weighted by Gasteiger charge is -2.19. The summed E-state index contributed by atoms with van der Waals surface area (Å²) in [6.07, 6.45) is 6.55. The quantitative estimate of drug-likeness (QED) is 0.634. The molecule has 1 aliphatic carbocycles. The number of carbonyl (C=O) groups is 3. The zero-order valence-corrected chi connectivity index (χ0v) is 17.5. The largest absolute Gasteiger partial charge is 0.444 e. The number of rotatable bonds is 6. The Morgan fingerprint density at radius 1 is 1.03 bits per heavy atom. The molecule has 1 fully saturated rings. The summed E-state index contributed by atoms with van der Waals surface area (Å²) in [6, 6.07) is 7.24. The van der Waals surface area contributed by atoms with Crippen molar-refractivity contribution >= 4 is 23.6 Å². The molecule has 1 aliphatic rings. The van der Waals surface area contributed by atoms with Crippen molar-refractivity contribution in [1.29, 1.82) is 0 Å². The third-order valence-electron chi connectivity index (χ3n) is 4.37. The fourth-order valence-corrected chi connectivity index (χ4v) is 3.03. The molecule has 0 radical (unpaired) electrons. The minimum Gasteiger partial charge on any atom is -0.444 e. The summed E-state index contributed by atoms with van der Waals surface area (Å²) >= 11 is 0. The molecule has 3 N–H and O–H groups in total. The van der Waals surface area contributed by atoms with Gasteiger partial charge < -0.3 is 20.7 Å². The van der Waals surface area contributed by atoms with Crippen LogP contribution in [0, 0.1) is 0 Å². The molecule has 29 heavy (non-hydrogen) atoms. The van der Waals surface area contributed by atoms with Gasteiger partial charge in [0.15, 0.2) is 0 Å². The van der Waals surface area contributed by atoms with Gasteiger partial charge in [-0.1, -0.05) is 30.2 Å². The summed E-state index contributed by atoms with van der Waals surface area (Å²) in [5.41, 5.74) is 1.95. The molecular weight excluding hydrogens is 370 g/mol. The number of benzene rings is 1. The highest BCUT2D eigenvalue weighted by molar-refractivity contribution is 5.94. The maximum Gasteiger partial charge on any atom is 0.408 e. The van der Waals surface area contributed by atoms with Gasteiger partial charge in [0.2, 0.25) is 11.8 Å². The first-order valence-electron chi connectivity index (χ1n) is 10.0. The molecule has 1 saturated carbocycles. The molecular formula is C22H31N3O4. The summed E-state index contributed by atoms with van der Waals surface area (Å²) in [5.74, 6) is -0.492. The molecule has 0 heterocycles. The molecule has 0 spiro atoms. The van der Waals surface area contributed by atoms with E-state index in [0.29, 0.717) is 12.2 Å². The van der Waals surface area contributed by atoms with Gasteiger partial charge in [0.25, 0.3) is 0 Å². The molecule has 7 nitrogen and oxygen atoms in total. The summed E-state index contributed by atoms with van der Waals surface area (Å²) < 4.78 is 5.11. The molecule has 0 aliphatic heterocycles. The number of hydrogen-bond donors (Lipinski definition) is 3. The molecule has 3 amide bonds. The topological polar surface area (TPSA) is 96.5 Å². The van der Waals surface area contributed by atoms with E-state index in [1.54, 1.807) is 39.0 Å². The highest BCUT2D eigenvalue weighted by Crippen LogP contribution is 2.22. The first-order chi connectivity index (χ1) is 13.7.